The molecule has 2 nitrogen and oxygen atoms in total. The van der Waals surface area contributed by atoms with Crippen LogP contribution >= 0.6 is 0 Å². The lowest BCUT2D eigenvalue weighted by molar-refractivity contribution is -0.137. The first-order valence-electron chi connectivity index (χ1n) is 5.71. The number of hydrogen-bond acceptors (Lipinski definition) is 2. The fourth-order valence-corrected chi connectivity index (χ4v) is 1.57. The van der Waals surface area contributed by atoms with Crippen LogP contribution in [0.15, 0.2) is 29.3 Å². The number of aliphatic imine (C=N–C) groups is 1. The summed E-state index contributed by atoms with van der Waals surface area (Å²) in [5.41, 5.74) is -0.186. The van der Waals surface area contributed by atoms with Gasteiger partial charge in [0.25, 0.3) is 0 Å². The first kappa shape index (κ1) is 14.7. The Kier molecular flexibility index (Phi) is 4.90. The molecule has 0 saturated heterocycles. The van der Waals surface area contributed by atoms with Crippen molar-refractivity contribution in [1.82, 2.24) is 4.90 Å². The summed E-state index contributed by atoms with van der Waals surface area (Å²) in [6.45, 7) is 1.98. The maximum absolute atomic E-state index is 12.5. The molecule has 0 aliphatic heterocycles. The highest BCUT2D eigenvalue weighted by atomic mass is 19.4. The average Bonchev–Trinajstić information content (AvgIpc) is 2.28. The van der Waals surface area contributed by atoms with Gasteiger partial charge in [0, 0.05) is 6.21 Å². The van der Waals surface area contributed by atoms with Crippen molar-refractivity contribution in [2.45, 2.75) is 25.7 Å². The van der Waals surface area contributed by atoms with E-state index in [-0.39, 0.29) is 6.17 Å². The van der Waals surface area contributed by atoms with Gasteiger partial charge in [-0.2, -0.15) is 13.2 Å². The van der Waals surface area contributed by atoms with Crippen molar-refractivity contribution in [3.8, 4) is 0 Å². The fraction of sp³-hybridized carbons (Fsp3) is 0.462. The lowest BCUT2D eigenvalue weighted by Gasteiger charge is -2.18. The average molecular weight is 258 g/mol. The van der Waals surface area contributed by atoms with E-state index in [4.69, 9.17) is 0 Å². The summed E-state index contributed by atoms with van der Waals surface area (Å²) in [4.78, 5) is 6.19. The van der Waals surface area contributed by atoms with Crippen LogP contribution in [-0.4, -0.2) is 31.4 Å². The molecule has 0 bridgehead atoms. The molecule has 1 aromatic carbocycles. The van der Waals surface area contributed by atoms with E-state index in [9.17, 15) is 13.2 Å². The molecule has 0 heterocycles. The van der Waals surface area contributed by atoms with Crippen LogP contribution in [0.3, 0.4) is 0 Å². The molecule has 0 spiro atoms. The first-order valence-corrected chi connectivity index (χ1v) is 5.71. The summed E-state index contributed by atoms with van der Waals surface area (Å²) < 4.78 is 37.5. The number of nitrogens with zero attached hydrogens (tertiary/aromatic N) is 2. The minimum atomic E-state index is -4.31. The number of rotatable bonds is 4. The molecule has 1 unspecified atom stereocenters. The third kappa shape index (κ3) is 4.14. The summed E-state index contributed by atoms with van der Waals surface area (Å²) in [7, 11) is 3.77. The molecule has 5 heteroatoms. The van der Waals surface area contributed by atoms with Crippen molar-refractivity contribution in [3.63, 3.8) is 0 Å². The molecule has 0 radical (unpaired) electrons. The molecular formula is C13H17F3N2. The minimum absolute atomic E-state index is 0.0143. The van der Waals surface area contributed by atoms with Crippen LogP contribution in [0.2, 0.25) is 0 Å². The van der Waals surface area contributed by atoms with Crippen LogP contribution in [0.25, 0.3) is 0 Å². The molecule has 0 fully saturated rings. The second-order valence-corrected chi connectivity index (χ2v) is 4.25. The van der Waals surface area contributed by atoms with E-state index < -0.39 is 11.7 Å². The molecule has 0 aliphatic carbocycles. The molecule has 0 saturated carbocycles. The van der Waals surface area contributed by atoms with Crippen LogP contribution in [0, 0.1) is 0 Å². The maximum Gasteiger partial charge on any atom is 0.416 e. The smallest absolute Gasteiger partial charge is 0.288 e. The van der Waals surface area contributed by atoms with E-state index in [1.54, 1.807) is 6.07 Å². The highest BCUT2D eigenvalue weighted by molar-refractivity contribution is 5.80. The molecular weight excluding hydrogens is 241 g/mol. The molecule has 0 amide bonds. The Balaban J connectivity index is 2.88. The van der Waals surface area contributed by atoms with E-state index >= 15 is 0 Å². The summed E-state index contributed by atoms with van der Waals surface area (Å²) >= 11 is 0. The predicted molar refractivity (Wildman–Crippen MR) is 66.8 cm³/mol. The van der Waals surface area contributed by atoms with Gasteiger partial charge in [-0.3, -0.25) is 9.89 Å². The minimum Gasteiger partial charge on any atom is -0.288 e. The number of halogens is 3. The molecule has 0 N–H and O–H groups in total. The van der Waals surface area contributed by atoms with E-state index in [0.717, 1.165) is 18.6 Å². The SMILES string of the molecule is CCC(/N=C\c1cccc(C(F)(F)F)c1)N(C)C. The maximum atomic E-state index is 12.5. The quantitative estimate of drug-likeness (QED) is 0.755. The summed E-state index contributed by atoms with van der Waals surface area (Å²) in [5.74, 6) is 0. The monoisotopic (exact) mass is 258 g/mol. The third-order valence-electron chi connectivity index (χ3n) is 2.57. The van der Waals surface area contributed by atoms with Gasteiger partial charge in [0.1, 0.15) is 6.17 Å². The van der Waals surface area contributed by atoms with Gasteiger partial charge in [0.15, 0.2) is 0 Å². The van der Waals surface area contributed by atoms with Crippen molar-refractivity contribution < 1.29 is 13.2 Å². The van der Waals surface area contributed by atoms with Gasteiger partial charge in [0.05, 0.1) is 5.56 Å². The second kappa shape index (κ2) is 6.00. The van der Waals surface area contributed by atoms with Gasteiger partial charge < -0.3 is 0 Å². The molecule has 0 aliphatic rings. The van der Waals surface area contributed by atoms with E-state index in [1.165, 1.54) is 12.3 Å². The molecule has 1 rings (SSSR count). The molecule has 18 heavy (non-hydrogen) atoms. The van der Waals surface area contributed by atoms with Crippen molar-refractivity contribution in [3.05, 3.63) is 35.4 Å². The largest absolute Gasteiger partial charge is 0.416 e. The van der Waals surface area contributed by atoms with E-state index in [1.807, 2.05) is 25.9 Å². The van der Waals surface area contributed by atoms with Crippen LogP contribution in [-0.2, 0) is 6.18 Å². The lowest BCUT2D eigenvalue weighted by atomic mass is 10.1. The number of benzene rings is 1. The summed E-state index contributed by atoms with van der Waals surface area (Å²) in [6.07, 6.45) is -2.03. The Hall–Kier alpha value is -1.36. The standard InChI is InChI=1S/C13H17F3N2/c1-4-12(18(2)3)17-9-10-6-5-7-11(8-10)13(14,15)16/h5-9,12H,4H2,1-3H3/b17-9-. The van der Waals surface area contributed by atoms with Gasteiger partial charge in [-0.15, -0.1) is 0 Å². The van der Waals surface area contributed by atoms with Crippen LogP contribution in [0.5, 0.6) is 0 Å². The zero-order valence-corrected chi connectivity index (χ0v) is 10.7. The van der Waals surface area contributed by atoms with Crippen molar-refractivity contribution >= 4 is 6.21 Å². The van der Waals surface area contributed by atoms with Crippen LogP contribution in [0.1, 0.15) is 24.5 Å². The van der Waals surface area contributed by atoms with Gasteiger partial charge in [-0.1, -0.05) is 19.1 Å². The molecule has 0 aromatic heterocycles. The third-order valence-corrected chi connectivity index (χ3v) is 2.57. The van der Waals surface area contributed by atoms with Crippen molar-refractivity contribution in [1.29, 1.82) is 0 Å². The normalized spacial score (nSPS) is 14.4. The van der Waals surface area contributed by atoms with Crippen molar-refractivity contribution in [2.75, 3.05) is 14.1 Å². The molecule has 100 valence electrons. The van der Waals surface area contributed by atoms with Crippen LogP contribution < -0.4 is 0 Å². The van der Waals surface area contributed by atoms with E-state index in [0.29, 0.717) is 5.56 Å². The van der Waals surface area contributed by atoms with E-state index in [2.05, 4.69) is 4.99 Å². The van der Waals surface area contributed by atoms with Gasteiger partial charge in [-0.25, -0.2) is 0 Å². The zero-order chi connectivity index (χ0) is 13.8. The van der Waals surface area contributed by atoms with Crippen LogP contribution in [0.4, 0.5) is 13.2 Å². The Morgan fingerprint density at radius 1 is 1.33 bits per heavy atom. The number of hydrogen-bond donors (Lipinski definition) is 0. The Morgan fingerprint density at radius 2 is 2.00 bits per heavy atom. The summed E-state index contributed by atoms with van der Waals surface area (Å²) in [5, 5.41) is 0. The highest BCUT2D eigenvalue weighted by Gasteiger charge is 2.30. The molecule has 1 aromatic rings. The highest BCUT2D eigenvalue weighted by Crippen LogP contribution is 2.29. The fourth-order valence-electron chi connectivity index (χ4n) is 1.57. The van der Waals surface area contributed by atoms with Crippen molar-refractivity contribution in [2.24, 2.45) is 4.99 Å². The first-order chi connectivity index (χ1) is 8.34. The van der Waals surface area contributed by atoms with Gasteiger partial charge in [0.2, 0.25) is 0 Å². The second-order valence-electron chi connectivity index (χ2n) is 4.25. The Bertz CT molecular complexity index is 411. The summed E-state index contributed by atoms with van der Waals surface area (Å²) in [6, 6.07) is 5.16. The zero-order valence-electron chi connectivity index (χ0n) is 10.7. The topological polar surface area (TPSA) is 15.6 Å². The number of alkyl halides is 3. The Morgan fingerprint density at radius 3 is 2.50 bits per heavy atom. The lowest BCUT2D eigenvalue weighted by Crippen LogP contribution is -2.25. The Labute approximate surface area is 105 Å². The van der Waals surface area contributed by atoms with Gasteiger partial charge >= 0.3 is 6.18 Å². The van der Waals surface area contributed by atoms with Gasteiger partial charge in [-0.05, 0) is 38.2 Å². The predicted octanol–water partition coefficient (Wildman–Crippen LogP) is 3.42. The molecule has 1 atom stereocenters.